The Kier molecular flexibility index (Phi) is 5.26. The molecular weight excluding hydrogens is 431 g/mol. The SMILES string of the molecule is Cc1ccc(C(=O)N2C[C@@H]3C[C@@H](Nc4ccc(C(F)(F)F)cn4)[C@@H]2C3)c(-c2ccccn2)n1. The summed E-state index contributed by atoms with van der Waals surface area (Å²) in [4.78, 5) is 28.3. The second kappa shape index (κ2) is 8.13. The van der Waals surface area contributed by atoms with E-state index in [4.69, 9.17) is 0 Å². The van der Waals surface area contributed by atoms with E-state index in [9.17, 15) is 18.0 Å². The molecule has 3 aromatic heterocycles. The molecule has 2 fully saturated rings. The summed E-state index contributed by atoms with van der Waals surface area (Å²) in [6.45, 7) is 2.52. The van der Waals surface area contributed by atoms with E-state index in [1.165, 1.54) is 6.07 Å². The lowest BCUT2D eigenvalue weighted by atomic mass is 10.0. The molecule has 3 atom stereocenters. The fourth-order valence-corrected chi connectivity index (χ4v) is 4.83. The minimum absolute atomic E-state index is 0.0653. The molecule has 4 heterocycles. The quantitative estimate of drug-likeness (QED) is 0.626. The number of carbonyl (C=O) groups excluding carboxylic acids is 1. The van der Waals surface area contributed by atoms with Gasteiger partial charge in [0.15, 0.2) is 0 Å². The van der Waals surface area contributed by atoms with Crippen LogP contribution in [0.2, 0.25) is 0 Å². The monoisotopic (exact) mass is 453 g/mol. The minimum Gasteiger partial charge on any atom is -0.365 e. The van der Waals surface area contributed by atoms with E-state index in [1.807, 2.05) is 36.1 Å². The van der Waals surface area contributed by atoms with Crippen molar-refractivity contribution in [3.8, 4) is 11.4 Å². The highest BCUT2D eigenvalue weighted by atomic mass is 19.4. The fourth-order valence-electron chi connectivity index (χ4n) is 4.83. The summed E-state index contributed by atoms with van der Waals surface area (Å²) < 4.78 is 38.4. The lowest BCUT2D eigenvalue weighted by molar-refractivity contribution is -0.137. The van der Waals surface area contributed by atoms with Crippen LogP contribution in [0.1, 0.15) is 34.5 Å². The van der Waals surface area contributed by atoms with E-state index < -0.39 is 11.7 Å². The molecule has 2 aliphatic rings. The maximum atomic E-state index is 13.6. The van der Waals surface area contributed by atoms with Crippen molar-refractivity contribution in [1.82, 2.24) is 19.9 Å². The van der Waals surface area contributed by atoms with Crippen molar-refractivity contribution < 1.29 is 18.0 Å². The van der Waals surface area contributed by atoms with Crippen LogP contribution in [-0.2, 0) is 6.18 Å². The Labute approximate surface area is 188 Å². The number of fused-ring (bicyclic) bond motifs is 2. The predicted octanol–water partition coefficient (Wildman–Crippen LogP) is 4.58. The Morgan fingerprint density at radius 3 is 2.61 bits per heavy atom. The summed E-state index contributed by atoms with van der Waals surface area (Å²) >= 11 is 0. The van der Waals surface area contributed by atoms with Crippen molar-refractivity contribution in [2.75, 3.05) is 11.9 Å². The van der Waals surface area contributed by atoms with Crippen LogP contribution in [0.25, 0.3) is 11.4 Å². The Morgan fingerprint density at radius 2 is 1.94 bits per heavy atom. The molecule has 0 unspecified atom stereocenters. The molecule has 9 heteroatoms. The molecule has 170 valence electrons. The van der Waals surface area contributed by atoms with Crippen molar-refractivity contribution in [3.05, 3.63) is 71.7 Å². The van der Waals surface area contributed by atoms with Gasteiger partial charge in [-0.05, 0) is 62.1 Å². The number of likely N-dealkylation sites (tertiary alicyclic amines) is 1. The van der Waals surface area contributed by atoms with E-state index in [-0.39, 0.29) is 18.0 Å². The average molecular weight is 453 g/mol. The third-order valence-electron chi connectivity index (χ3n) is 6.34. The van der Waals surface area contributed by atoms with Crippen LogP contribution < -0.4 is 5.32 Å². The van der Waals surface area contributed by atoms with Gasteiger partial charge in [0.1, 0.15) is 11.5 Å². The highest BCUT2D eigenvalue weighted by molar-refractivity contribution is 6.00. The van der Waals surface area contributed by atoms with Crippen molar-refractivity contribution in [1.29, 1.82) is 0 Å². The molecule has 1 amide bonds. The summed E-state index contributed by atoms with van der Waals surface area (Å²) in [5, 5.41) is 3.24. The Morgan fingerprint density at radius 1 is 1.09 bits per heavy atom. The largest absolute Gasteiger partial charge is 0.417 e. The number of nitrogens with zero attached hydrogens (tertiary/aromatic N) is 4. The number of rotatable bonds is 4. The lowest BCUT2D eigenvalue weighted by Crippen LogP contribution is -2.48. The first kappa shape index (κ1) is 21.4. The van der Waals surface area contributed by atoms with Gasteiger partial charge in [-0.25, -0.2) is 4.98 Å². The van der Waals surface area contributed by atoms with Gasteiger partial charge in [0.2, 0.25) is 0 Å². The van der Waals surface area contributed by atoms with Crippen LogP contribution in [0.4, 0.5) is 19.0 Å². The highest BCUT2D eigenvalue weighted by Gasteiger charge is 2.47. The molecule has 33 heavy (non-hydrogen) atoms. The minimum atomic E-state index is -4.42. The van der Waals surface area contributed by atoms with Gasteiger partial charge in [-0.3, -0.25) is 14.8 Å². The number of alkyl halides is 3. The number of piperidine rings is 1. The standard InChI is InChI=1S/C24H22F3N5O/c1-14-5-7-17(22(30-14)18-4-2-3-9-28-18)23(33)32-13-15-10-19(20(32)11-15)31-21-8-6-16(12-29-21)24(25,26)27/h2-9,12,15,19-20H,10-11,13H2,1H3,(H,29,31)/t15-,19-,20+/m1/s1. The molecule has 3 aromatic rings. The fraction of sp³-hybridized carbons (Fsp3) is 0.333. The number of amides is 1. The number of hydrogen-bond acceptors (Lipinski definition) is 5. The first-order valence-electron chi connectivity index (χ1n) is 10.8. The first-order chi connectivity index (χ1) is 15.8. The highest BCUT2D eigenvalue weighted by Crippen LogP contribution is 2.40. The van der Waals surface area contributed by atoms with Gasteiger partial charge in [-0.15, -0.1) is 0 Å². The number of aromatic nitrogens is 3. The van der Waals surface area contributed by atoms with Gasteiger partial charge in [0, 0.05) is 30.7 Å². The summed E-state index contributed by atoms with van der Waals surface area (Å²) in [6.07, 6.45) is -0.231. The zero-order chi connectivity index (χ0) is 23.2. The zero-order valence-electron chi connectivity index (χ0n) is 17.9. The van der Waals surface area contributed by atoms with Gasteiger partial charge in [0.25, 0.3) is 5.91 Å². The normalized spacial score (nSPS) is 21.9. The predicted molar refractivity (Wildman–Crippen MR) is 116 cm³/mol. The maximum absolute atomic E-state index is 13.6. The van der Waals surface area contributed by atoms with E-state index in [0.717, 1.165) is 30.8 Å². The van der Waals surface area contributed by atoms with Crippen LogP contribution in [0.5, 0.6) is 0 Å². The average Bonchev–Trinajstić information content (AvgIpc) is 3.40. The molecule has 5 rings (SSSR count). The Hall–Kier alpha value is -3.49. The third kappa shape index (κ3) is 4.15. The molecule has 0 radical (unpaired) electrons. The van der Waals surface area contributed by atoms with E-state index in [0.29, 0.717) is 35.2 Å². The first-order valence-corrected chi connectivity index (χ1v) is 10.8. The number of aryl methyl sites for hydroxylation is 1. The molecule has 1 saturated heterocycles. The molecule has 1 saturated carbocycles. The van der Waals surface area contributed by atoms with Gasteiger partial charge in [-0.1, -0.05) is 6.07 Å². The summed E-state index contributed by atoms with van der Waals surface area (Å²) in [6, 6.07) is 11.3. The summed E-state index contributed by atoms with van der Waals surface area (Å²) in [5.41, 5.74) is 1.70. The van der Waals surface area contributed by atoms with E-state index in [1.54, 1.807) is 12.3 Å². The van der Waals surface area contributed by atoms with Gasteiger partial charge in [0.05, 0.1) is 22.9 Å². The molecule has 6 nitrogen and oxygen atoms in total. The van der Waals surface area contributed by atoms with Crippen molar-refractivity contribution in [2.45, 2.75) is 38.0 Å². The number of carbonyl (C=O) groups is 1. The van der Waals surface area contributed by atoms with Gasteiger partial charge < -0.3 is 10.2 Å². The number of hydrogen-bond donors (Lipinski definition) is 1. The molecule has 0 spiro atoms. The number of anilines is 1. The molecule has 1 aliphatic heterocycles. The Bertz CT molecular complexity index is 1170. The van der Waals surface area contributed by atoms with E-state index in [2.05, 4.69) is 20.3 Å². The lowest BCUT2D eigenvalue weighted by Gasteiger charge is -2.34. The summed E-state index contributed by atoms with van der Waals surface area (Å²) in [5.74, 6) is 0.601. The molecule has 2 bridgehead atoms. The van der Waals surface area contributed by atoms with Crippen molar-refractivity contribution in [3.63, 3.8) is 0 Å². The maximum Gasteiger partial charge on any atom is 0.417 e. The number of nitrogens with one attached hydrogen (secondary N) is 1. The van der Waals surface area contributed by atoms with Crippen molar-refractivity contribution >= 4 is 11.7 Å². The van der Waals surface area contributed by atoms with Crippen LogP contribution >= 0.6 is 0 Å². The summed E-state index contributed by atoms with van der Waals surface area (Å²) in [7, 11) is 0. The Balaban J connectivity index is 1.37. The van der Waals surface area contributed by atoms with Crippen molar-refractivity contribution in [2.24, 2.45) is 5.92 Å². The molecule has 1 N–H and O–H groups in total. The molecule has 0 aromatic carbocycles. The molecular formula is C24H22F3N5O. The third-order valence-corrected chi connectivity index (χ3v) is 6.34. The zero-order valence-corrected chi connectivity index (χ0v) is 17.9. The van der Waals surface area contributed by atoms with Crippen LogP contribution in [-0.4, -0.2) is 44.4 Å². The second-order valence-electron chi connectivity index (χ2n) is 8.61. The number of halogens is 3. The van der Waals surface area contributed by atoms with Crippen LogP contribution in [0, 0.1) is 12.8 Å². The molecule has 1 aliphatic carbocycles. The van der Waals surface area contributed by atoms with Gasteiger partial charge >= 0.3 is 6.18 Å². The smallest absolute Gasteiger partial charge is 0.365 e. The van der Waals surface area contributed by atoms with Crippen LogP contribution in [0.15, 0.2) is 54.9 Å². The van der Waals surface area contributed by atoms with Crippen LogP contribution in [0.3, 0.4) is 0 Å². The van der Waals surface area contributed by atoms with E-state index >= 15 is 0 Å². The topological polar surface area (TPSA) is 71.0 Å². The number of pyridine rings is 3. The van der Waals surface area contributed by atoms with Gasteiger partial charge in [-0.2, -0.15) is 13.2 Å². The second-order valence-corrected chi connectivity index (χ2v) is 8.61.